The third-order valence-corrected chi connectivity index (χ3v) is 2.78. The molecule has 0 aromatic rings. The van der Waals surface area contributed by atoms with E-state index in [1.165, 1.54) is 0 Å². The lowest BCUT2D eigenvalue weighted by molar-refractivity contribution is -0.0209. The molecule has 4 nitrogen and oxygen atoms in total. The smallest absolute Gasteiger partial charge is 0.0512 e. The van der Waals surface area contributed by atoms with Gasteiger partial charge in [-0.1, -0.05) is 6.92 Å². The monoisotopic (exact) mass is 192 g/mol. The largest absolute Gasteiger partial charge is 0.396 e. The van der Waals surface area contributed by atoms with Gasteiger partial charge >= 0.3 is 0 Å². The first kappa shape index (κ1) is 12.8. The summed E-state index contributed by atoms with van der Waals surface area (Å²) in [7, 11) is 0. The predicted octanol–water partition coefficient (Wildman–Crippen LogP) is -0.642. The van der Waals surface area contributed by atoms with Gasteiger partial charge in [0.2, 0.25) is 0 Å². The molecule has 0 aliphatic rings. The number of rotatable bonds is 7. The number of aliphatic hydroxyl groups is 4. The molecule has 0 fully saturated rings. The molecule has 0 spiro atoms. The van der Waals surface area contributed by atoms with Gasteiger partial charge in [0.05, 0.1) is 13.2 Å². The van der Waals surface area contributed by atoms with Gasteiger partial charge in [0.25, 0.3) is 0 Å². The second kappa shape index (κ2) is 6.32. The summed E-state index contributed by atoms with van der Waals surface area (Å²) >= 11 is 0. The molecule has 0 heterocycles. The van der Waals surface area contributed by atoms with E-state index < -0.39 is 5.41 Å². The molecule has 0 aromatic carbocycles. The van der Waals surface area contributed by atoms with Crippen molar-refractivity contribution in [2.75, 3.05) is 26.4 Å². The molecular weight excluding hydrogens is 172 g/mol. The summed E-state index contributed by atoms with van der Waals surface area (Å²) in [6, 6.07) is 0. The first-order valence-electron chi connectivity index (χ1n) is 4.60. The molecule has 4 N–H and O–H groups in total. The summed E-state index contributed by atoms with van der Waals surface area (Å²) in [5.41, 5.74) is -0.655. The van der Waals surface area contributed by atoms with Crippen LogP contribution in [-0.2, 0) is 0 Å². The van der Waals surface area contributed by atoms with Crippen molar-refractivity contribution in [3.63, 3.8) is 0 Å². The summed E-state index contributed by atoms with van der Waals surface area (Å²) in [5.74, 6) is -0.158. The molecule has 0 saturated heterocycles. The number of hydrogen-bond donors (Lipinski definition) is 4. The molecule has 1 atom stereocenters. The van der Waals surface area contributed by atoms with Crippen molar-refractivity contribution in [2.24, 2.45) is 11.3 Å². The van der Waals surface area contributed by atoms with Gasteiger partial charge < -0.3 is 20.4 Å². The number of hydrogen-bond acceptors (Lipinski definition) is 4. The summed E-state index contributed by atoms with van der Waals surface area (Å²) < 4.78 is 0. The van der Waals surface area contributed by atoms with Crippen molar-refractivity contribution in [1.29, 1.82) is 0 Å². The lowest BCUT2D eigenvalue weighted by atomic mass is 9.74. The van der Waals surface area contributed by atoms with Crippen LogP contribution >= 0.6 is 0 Å². The Morgan fingerprint density at radius 3 is 1.92 bits per heavy atom. The fraction of sp³-hybridized carbons (Fsp3) is 1.00. The zero-order valence-electron chi connectivity index (χ0n) is 8.11. The first-order valence-corrected chi connectivity index (χ1v) is 4.60. The molecule has 13 heavy (non-hydrogen) atoms. The average molecular weight is 192 g/mol. The molecule has 0 radical (unpaired) electrons. The van der Waals surface area contributed by atoms with Gasteiger partial charge in [0, 0.05) is 18.6 Å². The molecule has 0 aromatic heterocycles. The van der Waals surface area contributed by atoms with Gasteiger partial charge in [-0.25, -0.2) is 0 Å². The maximum Gasteiger partial charge on any atom is 0.0512 e. The lowest BCUT2D eigenvalue weighted by Gasteiger charge is -2.34. The van der Waals surface area contributed by atoms with Gasteiger partial charge in [-0.3, -0.25) is 0 Å². The van der Waals surface area contributed by atoms with Crippen LogP contribution in [0.15, 0.2) is 0 Å². The van der Waals surface area contributed by atoms with Crippen LogP contribution in [-0.4, -0.2) is 46.9 Å². The Morgan fingerprint density at radius 2 is 1.62 bits per heavy atom. The molecular formula is C9H20O4. The SMILES string of the molecule is CC(CO)C(CO)(CO)CCCO. The Labute approximate surface area is 78.8 Å². The van der Waals surface area contributed by atoms with Crippen molar-refractivity contribution < 1.29 is 20.4 Å². The molecule has 0 aliphatic heterocycles. The van der Waals surface area contributed by atoms with E-state index in [1.54, 1.807) is 6.92 Å². The standard InChI is InChI=1S/C9H20O4/c1-8(5-11)9(6-12,7-13)3-2-4-10/h8,10-13H,2-7H2,1H3. The van der Waals surface area contributed by atoms with E-state index in [9.17, 15) is 0 Å². The van der Waals surface area contributed by atoms with Gasteiger partial charge in [-0.2, -0.15) is 0 Å². The topological polar surface area (TPSA) is 80.9 Å². The molecule has 80 valence electrons. The van der Waals surface area contributed by atoms with E-state index in [0.29, 0.717) is 12.8 Å². The molecule has 0 rings (SSSR count). The van der Waals surface area contributed by atoms with Crippen LogP contribution in [0.4, 0.5) is 0 Å². The van der Waals surface area contributed by atoms with E-state index in [0.717, 1.165) is 0 Å². The second-order valence-corrected chi connectivity index (χ2v) is 3.59. The molecule has 0 saturated carbocycles. The Kier molecular flexibility index (Phi) is 6.24. The summed E-state index contributed by atoms with van der Waals surface area (Å²) in [6.45, 7) is 1.44. The third kappa shape index (κ3) is 3.23. The zero-order chi connectivity index (χ0) is 10.3. The Balaban J connectivity index is 4.29. The maximum atomic E-state index is 9.15. The van der Waals surface area contributed by atoms with Crippen molar-refractivity contribution >= 4 is 0 Å². The summed E-state index contributed by atoms with van der Waals surface area (Å²) in [6.07, 6.45) is 1.06. The molecule has 1 unspecified atom stereocenters. The second-order valence-electron chi connectivity index (χ2n) is 3.59. The fourth-order valence-electron chi connectivity index (χ4n) is 1.39. The van der Waals surface area contributed by atoms with Crippen LogP contribution in [0.25, 0.3) is 0 Å². The predicted molar refractivity (Wildman–Crippen MR) is 49.2 cm³/mol. The highest BCUT2D eigenvalue weighted by molar-refractivity contribution is 4.82. The highest BCUT2D eigenvalue weighted by Gasteiger charge is 2.34. The van der Waals surface area contributed by atoms with Crippen LogP contribution in [0.5, 0.6) is 0 Å². The van der Waals surface area contributed by atoms with Crippen molar-refractivity contribution in [2.45, 2.75) is 19.8 Å². The maximum absolute atomic E-state index is 9.15. The van der Waals surface area contributed by atoms with Crippen LogP contribution < -0.4 is 0 Å². The highest BCUT2D eigenvalue weighted by Crippen LogP contribution is 2.31. The van der Waals surface area contributed by atoms with E-state index in [4.69, 9.17) is 20.4 Å². The van der Waals surface area contributed by atoms with Crippen LogP contribution in [0.2, 0.25) is 0 Å². The minimum Gasteiger partial charge on any atom is -0.396 e. The quantitative estimate of drug-likeness (QED) is 0.432. The van der Waals surface area contributed by atoms with Crippen LogP contribution in [0.3, 0.4) is 0 Å². The van der Waals surface area contributed by atoms with Crippen molar-refractivity contribution in [1.82, 2.24) is 0 Å². The lowest BCUT2D eigenvalue weighted by Crippen LogP contribution is -2.38. The van der Waals surface area contributed by atoms with Gasteiger partial charge in [-0.15, -0.1) is 0 Å². The third-order valence-electron chi connectivity index (χ3n) is 2.78. The summed E-state index contributed by atoms with van der Waals surface area (Å²) in [4.78, 5) is 0. The van der Waals surface area contributed by atoms with Crippen molar-refractivity contribution in [3.05, 3.63) is 0 Å². The van der Waals surface area contributed by atoms with Crippen LogP contribution in [0.1, 0.15) is 19.8 Å². The molecule has 4 heteroatoms. The summed E-state index contributed by atoms with van der Waals surface area (Å²) in [5, 5.41) is 35.9. The highest BCUT2D eigenvalue weighted by atomic mass is 16.3. The molecule has 0 bridgehead atoms. The van der Waals surface area contributed by atoms with Gasteiger partial charge in [0.15, 0.2) is 0 Å². The van der Waals surface area contributed by atoms with E-state index >= 15 is 0 Å². The first-order chi connectivity index (χ1) is 6.16. The molecule has 0 amide bonds. The minimum absolute atomic E-state index is 0.0416. The Bertz CT molecular complexity index is 123. The van der Waals surface area contributed by atoms with Gasteiger partial charge in [-0.05, 0) is 18.8 Å². The number of aliphatic hydroxyl groups excluding tert-OH is 4. The Hall–Kier alpha value is -0.160. The van der Waals surface area contributed by atoms with Gasteiger partial charge in [0.1, 0.15) is 0 Å². The van der Waals surface area contributed by atoms with E-state index in [-0.39, 0.29) is 32.3 Å². The Morgan fingerprint density at radius 1 is 1.08 bits per heavy atom. The minimum atomic E-state index is -0.655. The van der Waals surface area contributed by atoms with E-state index in [2.05, 4.69) is 0 Å². The van der Waals surface area contributed by atoms with Crippen LogP contribution in [0, 0.1) is 11.3 Å². The normalized spacial score (nSPS) is 14.5. The van der Waals surface area contributed by atoms with E-state index in [1.807, 2.05) is 0 Å². The average Bonchev–Trinajstić information content (AvgIpc) is 2.19. The molecule has 0 aliphatic carbocycles. The van der Waals surface area contributed by atoms with Crippen molar-refractivity contribution in [3.8, 4) is 0 Å². The fourth-order valence-corrected chi connectivity index (χ4v) is 1.39. The zero-order valence-corrected chi connectivity index (χ0v) is 8.11.